The molecule has 1 aromatic heterocycles. The highest BCUT2D eigenvalue weighted by Crippen LogP contribution is 2.36. The Labute approximate surface area is 111 Å². The van der Waals surface area contributed by atoms with E-state index in [1.165, 1.54) is 11.7 Å². The van der Waals surface area contributed by atoms with Gasteiger partial charge in [0.25, 0.3) is 0 Å². The van der Waals surface area contributed by atoms with Gasteiger partial charge in [0.2, 0.25) is 5.88 Å². The Morgan fingerprint density at radius 1 is 1.30 bits per heavy atom. The van der Waals surface area contributed by atoms with Gasteiger partial charge in [-0.2, -0.15) is 18.3 Å². The fourth-order valence-corrected chi connectivity index (χ4v) is 1.67. The lowest BCUT2D eigenvalue weighted by molar-refractivity contribution is -0.140. The Morgan fingerprint density at radius 2 is 1.95 bits per heavy atom. The molecule has 0 fully saturated rings. The van der Waals surface area contributed by atoms with Crippen molar-refractivity contribution >= 4 is 5.69 Å². The van der Waals surface area contributed by atoms with Gasteiger partial charge in [-0.15, -0.1) is 0 Å². The van der Waals surface area contributed by atoms with Crippen molar-refractivity contribution in [2.75, 3.05) is 5.73 Å². The second-order valence-corrected chi connectivity index (χ2v) is 4.17. The summed E-state index contributed by atoms with van der Waals surface area (Å²) in [5.74, 6) is -1.44. The molecule has 0 radical (unpaired) electrons. The van der Waals surface area contributed by atoms with Crippen LogP contribution < -0.4 is 10.5 Å². The van der Waals surface area contributed by atoms with Crippen LogP contribution in [0.15, 0.2) is 18.2 Å². The van der Waals surface area contributed by atoms with Crippen molar-refractivity contribution in [1.29, 1.82) is 0 Å². The quantitative estimate of drug-likeness (QED) is 0.863. The maximum atomic E-state index is 13.1. The van der Waals surface area contributed by atoms with Crippen LogP contribution in [-0.2, 0) is 13.2 Å². The molecule has 2 N–H and O–H groups in total. The van der Waals surface area contributed by atoms with Gasteiger partial charge < -0.3 is 10.5 Å². The fourth-order valence-electron chi connectivity index (χ4n) is 1.67. The number of nitrogens with two attached hydrogens (primary N) is 1. The van der Waals surface area contributed by atoms with Crippen molar-refractivity contribution in [1.82, 2.24) is 9.78 Å². The number of nitrogen functional groups attached to an aromatic ring is 1. The molecule has 0 spiro atoms. The van der Waals surface area contributed by atoms with Crippen molar-refractivity contribution in [3.8, 4) is 11.6 Å². The molecule has 0 bridgehead atoms. The predicted octanol–water partition coefficient (Wildman–Crippen LogP) is 3.26. The van der Waals surface area contributed by atoms with E-state index in [4.69, 9.17) is 10.5 Å². The van der Waals surface area contributed by atoms with Gasteiger partial charge in [0.15, 0.2) is 0 Å². The highest BCUT2D eigenvalue weighted by atomic mass is 19.4. The molecule has 0 atom stereocenters. The zero-order chi connectivity index (χ0) is 15.1. The third kappa shape index (κ3) is 2.54. The predicted molar refractivity (Wildman–Crippen MR) is 63.8 cm³/mol. The minimum absolute atomic E-state index is 0.0993. The van der Waals surface area contributed by atoms with Crippen LogP contribution >= 0.6 is 0 Å². The molecule has 8 heteroatoms. The van der Waals surface area contributed by atoms with Crippen molar-refractivity contribution in [2.45, 2.75) is 13.1 Å². The largest absolute Gasteiger partial charge is 0.437 e. The van der Waals surface area contributed by atoms with Crippen LogP contribution in [0.3, 0.4) is 0 Å². The molecule has 0 saturated carbocycles. The van der Waals surface area contributed by atoms with Crippen molar-refractivity contribution in [2.24, 2.45) is 7.05 Å². The average molecular weight is 289 g/mol. The number of rotatable bonds is 2. The number of hydrogen-bond acceptors (Lipinski definition) is 3. The zero-order valence-electron chi connectivity index (χ0n) is 10.6. The SMILES string of the molecule is Cc1nn(C)c(Oc2ccc(F)c(C(F)(F)F)c2)c1N. The van der Waals surface area contributed by atoms with Crippen LogP contribution in [0.1, 0.15) is 11.3 Å². The van der Waals surface area contributed by atoms with Crippen LogP contribution in [0.2, 0.25) is 0 Å². The number of halogens is 4. The van der Waals surface area contributed by atoms with Gasteiger partial charge >= 0.3 is 6.18 Å². The van der Waals surface area contributed by atoms with E-state index in [2.05, 4.69) is 5.10 Å². The number of nitrogens with zero attached hydrogens (tertiary/aromatic N) is 2. The summed E-state index contributed by atoms with van der Waals surface area (Å²) in [5, 5.41) is 3.97. The van der Waals surface area contributed by atoms with E-state index in [9.17, 15) is 17.6 Å². The molecule has 0 aliphatic rings. The van der Waals surface area contributed by atoms with Gasteiger partial charge in [0.1, 0.15) is 17.3 Å². The van der Waals surface area contributed by atoms with Crippen LogP contribution in [0, 0.1) is 12.7 Å². The van der Waals surface area contributed by atoms with E-state index in [0.717, 1.165) is 6.07 Å². The number of anilines is 1. The average Bonchev–Trinajstić information content (AvgIpc) is 2.57. The first kappa shape index (κ1) is 14.2. The second kappa shape index (κ2) is 4.69. The first-order valence-corrected chi connectivity index (χ1v) is 5.54. The van der Waals surface area contributed by atoms with E-state index in [0.29, 0.717) is 17.8 Å². The Bertz CT molecular complexity index is 649. The summed E-state index contributed by atoms with van der Waals surface area (Å²) in [6, 6.07) is 2.36. The number of aryl methyl sites for hydroxylation is 2. The third-order valence-corrected chi connectivity index (χ3v) is 2.67. The molecule has 4 nitrogen and oxygen atoms in total. The Balaban J connectivity index is 2.40. The summed E-state index contributed by atoms with van der Waals surface area (Å²) in [7, 11) is 1.53. The molecule has 1 aromatic carbocycles. The lowest BCUT2D eigenvalue weighted by atomic mass is 10.2. The first-order valence-electron chi connectivity index (χ1n) is 5.54. The number of ether oxygens (including phenoxy) is 1. The summed E-state index contributed by atoms with van der Waals surface area (Å²) in [6.45, 7) is 1.63. The van der Waals surface area contributed by atoms with E-state index < -0.39 is 17.6 Å². The van der Waals surface area contributed by atoms with Crippen LogP contribution in [0.4, 0.5) is 23.2 Å². The number of hydrogen-bond donors (Lipinski definition) is 1. The van der Waals surface area contributed by atoms with Crippen molar-refractivity contribution < 1.29 is 22.3 Å². The third-order valence-electron chi connectivity index (χ3n) is 2.67. The highest BCUT2D eigenvalue weighted by Gasteiger charge is 2.34. The van der Waals surface area contributed by atoms with E-state index in [-0.39, 0.29) is 17.3 Å². The topological polar surface area (TPSA) is 53.1 Å². The summed E-state index contributed by atoms with van der Waals surface area (Å²) >= 11 is 0. The van der Waals surface area contributed by atoms with Gasteiger partial charge in [-0.3, -0.25) is 0 Å². The normalized spacial score (nSPS) is 11.7. The molecule has 0 unspecified atom stereocenters. The fraction of sp³-hybridized carbons (Fsp3) is 0.250. The minimum Gasteiger partial charge on any atom is -0.437 e. The summed E-state index contributed by atoms with van der Waals surface area (Å²) < 4.78 is 57.5. The summed E-state index contributed by atoms with van der Waals surface area (Å²) in [5.41, 5.74) is 5.00. The molecule has 2 rings (SSSR count). The minimum atomic E-state index is -4.79. The smallest absolute Gasteiger partial charge is 0.419 e. The molecule has 0 saturated heterocycles. The van der Waals surface area contributed by atoms with Crippen molar-refractivity contribution in [3.05, 3.63) is 35.3 Å². The highest BCUT2D eigenvalue weighted by molar-refractivity contribution is 5.54. The number of benzene rings is 1. The summed E-state index contributed by atoms with van der Waals surface area (Å²) in [4.78, 5) is 0. The van der Waals surface area contributed by atoms with Crippen molar-refractivity contribution in [3.63, 3.8) is 0 Å². The maximum Gasteiger partial charge on any atom is 0.419 e. The first-order chi connectivity index (χ1) is 9.20. The van der Waals surface area contributed by atoms with Gasteiger partial charge in [0.05, 0.1) is 11.3 Å². The van der Waals surface area contributed by atoms with Gasteiger partial charge in [0, 0.05) is 7.05 Å². The van der Waals surface area contributed by atoms with Crippen LogP contribution in [0.5, 0.6) is 11.6 Å². The lowest BCUT2D eigenvalue weighted by Gasteiger charge is -2.11. The maximum absolute atomic E-state index is 13.1. The lowest BCUT2D eigenvalue weighted by Crippen LogP contribution is -2.08. The van der Waals surface area contributed by atoms with E-state index >= 15 is 0 Å². The molecule has 20 heavy (non-hydrogen) atoms. The molecule has 1 heterocycles. The standard InChI is InChI=1S/C12H11F4N3O/c1-6-10(17)11(19(2)18-6)20-7-3-4-9(13)8(5-7)12(14,15)16/h3-5H,17H2,1-2H3. The van der Waals surface area contributed by atoms with Crippen LogP contribution in [0.25, 0.3) is 0 Å². The number of aromatic nitrogens is 2. The molecular formula is C12H11F4N3O. The molecule has 2 aromatic rings. The molecule has 0 amide bonds. The zero-order valence-corrected chi connectivity index (χ0v) is 10.6. The number of alkyl halides is 3. The molecule has 0 aliphatic heterocycles. The van der Waals surface area contributed by atoms with Gasteiger partial charge in [-0.1, -0.05) is 0 Å². The van der Waals surface area contributed by atoms with E-state index in [1.54, 1.807) is 6.92 Å². The van der Waals surface area contributed by atoms with E-state index in [1.807, 2.05) is 0 Å². The van der Waals surface area contributed by atoms with Crippen LogP contribution in [-0.4, -0.2) is 9.78 Å². The Morgan fingerprint density at radius 3 is 2.45 bits per heavy atom. The van der Waals surface area contributed by atoms with Gasteiger partial charge in [-0.05, 0) is 25.1 Å². The second-order valence-electron chi connectivity index (χ2n) is 4.17. The van der Waals surface area contributed by atoms with Gasteiger partial charge in [-0.25, -0.2) is 9.07 Å². The monoisotopic (exact) mass is 289 g/mol. The molecular weight excluding hydrogens is 278 g/mol. The molecule has 0 aliphatic carbocycles. The Kier molecular flexibility index (Phi) is 3.33. The summed E-state index contributed by atoms with van der Waals surface area (Å²) in [6.07, 6.45) is -4.79. The Hall–Kier alpha value is -2.25. The molecule has 108 valence electrons.